The third kappa shape index (κ3) is 4.57. The molecule has 1 amide bonds. The van der Waals surface area contributed by atoms with Gasteiger partial charge in [-0.2, -0.15) is 0 Å². The fourth-order valence-electron chi connectivity index (χ4n) is 3.33. The van der Waals surface area contributed by atoms with Gasteiger partial charge in [0.25, 0.3) is 5.91 Å². The van der Waals surface area contributed by atoms with Gasteiger partial charge in [0.2, 0.25) is 0 Å². The minimum atomic E-state index is -0.974. The van der Waals surface area contributed by atoms with Crippen molar-refractivity contribution in [3.63, 3.8) is 0 Å². The molecule has 2 aromatic heterocycles. The average molecular weight is 423 g/mol. The quantitative estimate of drug-likeness (QED) is 0.609. The molecule has 2 aromatic rings. The normalized spacial score (nSPS) is 19.4. The van der Waals surface area contributed by atoms with E-state index >= 15 is 0 Å². The van der Waals surface area contributed by atoms with Crippen molar-refractivity contribution in [2.45, 2.75) is 39.0 Å². The number of aromatic amines is 1. The molecule has 3 heterocycles. The zero-order chi connectivity index (χ0) is 21.1. The average Bonchev–Trinajstić information content (AvgIpc) is 3.25. The Bertz CT molecular complexity index is 895. The lowest BCUT2D eigenvalue weighted by Gasteiger charge is -2.37. The van der Waals surface area contributed by atoms with Gasteiger partial charge in [0.05, 0.1) is 30.1 Å². The number of aromatic carboxylic acids is 1. The van der Waals surface area contributed by atoms with Gasteiger partial charge in [0.15, 0.2) is 11.0 Å². The Kier molecular flexibility index (Phi) is 6.50. The molecule has 1 unspecified atom stereocenters. The largest absolute Gasteiger partial charge is 0.477 e. The summed E-state index contributed by atoms with van der Waals surface area (Å²) >= 11 is 1.15. The van der Waals surface area contributed by atoms with Crippen LogP contribution in [0.5, 0.6) is 0 Å². The predicted octanol–water partition coefficient (Wildman–Crippen LogP) is 1.35. The summed E-state index contributed by atoms with van der Waals surface area (Å²) in [5.41, 5.74) is 1.99. The number of carboxylic acid groups (broad SMARTS) is 1. The van der Waals surface area contributed by atoms with Crippen LogP contribution in [0.3, 0.4) is 0 Å². The van der Waals surface area contributed by atoms with Gasteiger partial charge in [-0.05, 0) is 20.3 Å². The highest BCUT2D eigenvalue weighted by Crippen LogP contribution is 2.29. The van der Waals surface area contributed by atoms with Gasteiger partial charge < -0.3 is 29.8 Å². The van der Waals surface area contributed by atoms with E-state index in [2.05, 4.69) is 20.3 Å². The summed E-state index contributed by atoms with van der Waals surface area (Å²) in [6, 6.07) is -0.194. The highest BCUT2D eigenvalue weighted by molar-refractivity contribution is 7.17. The van der Waals surface area contributed by atoms with Crippen molar-refractivity contribution >= 4 is 28.3 Å². The summed E-state index contributed by atoms with van der Waals surface area (Å²) in [6.07, 6.45) is 0.371. The highest BCUT2D eigenvalue weighted by atomic mass is 32.1. The van der Waals surface area contributed by atoms with Crippen molar-refractivity contribution < 1.29 is 24.2 Å². The number of nitrogens with zero attached hydrogens (tertiary/aromatic N) is 3. The second-order valence-electron chi connectivity index (χ2n) is 6.90. The van der Waals surface area contributed by atoms with E-state index in [9.17, 15) is 14.7 Å². The number of anilines is 1. The van der Waals surface area contributed by atoms with Gasteiger partial charge in [0.1, 0.15) is 4.88 Å². The number of thiazole rings is 1. The zero-order valence-electron chi connectivity index (χ0n) is 16.8. The first-order chi connectivity index (χ1) is 13.8. The maximum absolute atomic E-state index is 12.6. The zero-order valence-corrected chi connectivity index (χ0v) is 17.6. The van der Waals surface area contributed by atoms with Crippen LogP contribution in [0.4, 0.5) is 5.13 Å². The van der Waals surface area contributed by atoms with Crippen LogP contribution in [-0.4, -0.2) is 71.4 Å². The van der Waals surface area contributed by atoms with E-state index in [1.807, 2.05) is 11.8 Å². The predicted molar refractivity (Wildman–Crippen MR) is 107 cm³/mol. The van der Waals surface area contributed by atoms with Crippen LogP contribution < -0.4 is 10.2 Å². The summed E-state index contributed by atoms with van der Waals surface area (Å²) in [7, 11) is 3.17. The van der Waals surface area contributed by atoms with Crippen molar-refractivity contribution in [2.24, 2.45) is 0 Å². The molecule has 10 nitrogen and oxygen atoms in total. The molecule has 1 saturated heterocycles. The summed E-state index contributed by atoms with van der Waals surface area (Å²) in [4.78, 5) is 37.8. The van der Waals surface area contributed by atoms with Crippen molar-refractivity contribution in [1.29, 1.82) is 0 Å². The molecule has 1 aliphatic rings. The topological polar surface area (TPSA) is 130 Å². The Labute approximate surface area is 172 Å². The fourth-order valence-corrected chi connectivity index (χ4v) is 4.27. The molecule has 0 aromatic carbocycles. The molecule has 29 heavy (non-hydrogen) atoms. The molecule has 158 valence electrons. The number of hydrogen-bond acceptors (Lipinski definition) is 8. The fraction of sp³-hybridized carbons (Fsp3) is 0.556. The Morgan fingerprint density at radius 1 is 1.34 bits per heavy atom. The van der Waals surface area contributed by atoms with Crippen LogP contribution in [0.25, 0.3) is 0 Å². The molecule has 0 spiro atoms. The number of methoxy groups -OCH3 is 2. The van der Waals surface area contributed by atoms with Gasteiger partial charge in [0, 0.05) is 33.0 Å². The monoisotopic (exact) mass is 423 g/mol. The number of hydrogen-bond donors (Lipinski definition) is 3. The molecule has 2 atom stereocenters. The van der Waals surface area contributed by atoms with Crippen molar-refractivity contribution in [3.05, 3.63) is 27.8 Å². The van der Waals surface area contributed by atoms with Crippen molar-refractivity contribution in [2.75, 3.05) is 32.2 Å². The van der Waals surface area contributed by atoms with Crippen LogP contribution in [-0.2, 0) is 16.1 Å². The molecule has 11 heteroatoms. The second kappa shape index (κ2) is 8.89. The van der Waals surface area contributed by atoms with Gasteiger partial charge in [-0.1, -0.05) is 11.3 Å². The van der Waals surface area contributed by atoms with Crippen LogP contribution in [0.2, 0.25) is 0 Å². The number of aryl methyl sites for hydroxylation is 2. The Morgan fingerprint density at radius 3 is 2.72 bits per heavy atom. The molecule has 3 N–H and O–H groups in total. The van der Waals surface area contributed by atoms with Crippen LogP contribution in [0, 0.1) is 13.8 Å². The number of nitrogens with one attached hydrogen (secondary N) is 2. The van der Waals surface area contributed by atoms with Crippen molar-refractivity contribution in [1.82, 2.24) is 20.3 Å². The number of carboxylic acids is 1. The van der Waals surface area contributed by atoms with E-state index in [-0.39, 0.29) is 28.8 Å². The Hall–Kier alpha value is -2.50. The first-order valence-electron chi connectivity index (χ1n) is 9.17. The molecule has 0 bridgehead atoms. The molecule has 3 rings (SSSR count). The summed E-state index contributed by atoms with van der Waals surface area (Å²) < 4.78 is 10.7. The molecule has 1 aliphatic heterocycles. The number of carbonyl (C=O) groups excluding carboxylic acids is 1. The van der Waals surface area contributed by atoms with Gasteiger partial charge in [-0.3, -0.25) is 4.79 Å². The first kappa shape index (κ1) is 21.2. The summed E-state index contributed by atoms with van der Waals surface area (Å²) in [5.74, 6) is -1.03. The summed E-state index contributed by atoms with van der Waals surface area (Å²) in [6.45, 7) is 4.99. The van der Waals surface area contributed by atoms with Crippen LogP contribution in [0.15, 0.2) is 0 Å². The standard InChI is InChI=1S/C18H25N5O5S/c1-9-12(8-27-3)21-15(19-9)16(24)22-11-5-6-23(7-13(11)28-4)18-20-10(2)14(29-18)17(25)26/h11,13H,5-8H2,1-4H3,(H,19,21)(H,22,24)(H,25,26)/t11?,13-/m0/s1. The van der Waals surface area contributed by atoms with Crippen molar-refractivity contribution in [3.8, 4) is 0 Å². The van der Waals surface area contributed by atoms with Crippen LogP contribution in [0.1, 0.15) is 43.8 Å². The molecule has 0 saturated carbocycles. The van der Waals surface area contributed by atoms with Gasteiger partial charge >= 0.3 is 5.97 Å². The highest BCUT2D eigenvalue weighted by Gasteiger charge is 2.33. The number of carbonyl (C=O) groups is 2. The van der Waals surface area contributed by atoms with E-state index in [4.69, 9.17) is 9.47 Å². The number of rotatable bonds is 7. The number of aromatic nitrogens is 3. The van der Waals surface area contributed by atoms with Crippen LogP contribution >= 0.6 is 11.3 Å². The Morgan fingerprint density at radius 2 is 2.10 bits per heavy atom. The molecular weight excluding hydrogens is 398 g/mol. The number of amides is 1. The third-order valence-electron chi connectivity index (χ3n) is 4.91. The molecule has 0 radical (unpaired) electrons. The lowest BCUT2D eigenvalue weighted by atomic mass is 10.0. The molecule has 1 fully saturated rings. The van der Waals surface area contributed by atoms with E-state index < -0.39 is 5.97 Å². The number of H-pyrrole nitrogens is 1. The van der Waals surface area contributed by atoms with E-state index in [1.54, 1.807) is 21.1 Å². The smallest absolute Gasteiger partial charge is 0.347 e. The maximum atomic E-state index is 12.6. The van der Waals surface area contributed by atoms with Gasteiger partial charge in [-0.25, -0.2) is 14.8 Å². The Balaban J connectivity index is 1.67. The van der Waals surface area contributed by atoms with Gasteiger partial charge in [-0.15, -0.1) is 0 Å². The SMILES string of the molecule is COCc1nc(C(=O)NC2CCN(c3nc(C)c(C(=O)O)s3)C[C@@H]2OC)[nH]c1C. The van der Waals surface area contributed by atoms with E-state index in [0.29, 0.717) is 42.6 Å². The second-order valence-corrected chi connectivity index (χ2v) is 7.87. The van der Waals surface area contributed by atoms with E-state index in [0.717, 1.165) is 17.0 Å². The first-order valence-corrected chi connectivity index (χ1v) is 9.99. The molecular formula is C18H25N5O5S. The lowest BCUT2D eigenvalue weighted by molar-refractivity contribution is 0.0538. The minimum Gasteiger partial charge on any atom is -0.477 e. The number of ether oxygens (including phenoxy) is 2. The minimum absolute atomic E-state index is 0.194. The summed E-state index contributed by atoms with van der Waals surface area (Å²) in [5, 5.41) is 12.9. The number of piperidine rings is 1. The maximum Gasteiger partial charge on any atom is 0.347 e. The number of imidazole rings is 1. The lowest BCUT2D eigenvalue weighted by Crippen LogP contribution is -2.55. The molecule has 0 aliphatic carbocycles. The van der Waals surface area contributed by atoms with E-state index in [1.165, 1.54) is 0 Å². The third-order valence-corrected chi connectivity index (χ3v) is 6.12.